The second-order valence-corrected chi connectivity index (χ2v) is 8.73. The van der Waals surface area contributed by atoms with Gasteiger partial charge in [0.1, 0.15) is 18.5 Å². The number of benzene rings is 1. The van der Waals surface area contributed by atoms with Crippen molar-refractivity contribution in [3.05, 3.63) is 59.4 Å². The molecule has 2 heterocycles. The van der Waals surface area contributed by atoms with E-state index < -0.39 is 0 Å². The molecule has 166 valence electrons. The molecule has 0 radical (unpaired) electrons. The van der Waals surface area contributed by atoms with Gasteiger partial charge in [-0.2, -0.15) is 0 Å². The maximum absolute atomic E-state index is 11.7. The summed E-state index contributed by atoms with van der Waals surface area (Å²) in [6.07, 6.45) is 6.44. The van der Waals surface area contributed by atoms with Gasteiger partial charge in [0, 0.05) is 12.8 Å². The maximum Gasteiger partial charge on any atom is 0.286 e. The van der Waals surface area contributed by atoms with Gasteiger partial charge in [-0.3, -0.25) is 19.9 Å². The van der Waals surface area contributed by atoms with Gasteiger partial charge in [-0.25, -0.2) is 0 Å². The summed E-state index contributed by atoms with van der Waals surface area (Å²) in [4.78, 5) is 27.6. The molecule has 3 rings (SSSR count). The van der Waals surface area contributed by atoms with E-state index in [4.69, 9.17) is 9.47 Å². The summed E-state index contributed by atoms with van der Waals surface area (Å²) in [5.41, 5.74) is 3.05. The smallest absolute Gasteiger partial charge is 0.286 e. The van der Waals surface area contributed by atoms with Crippen LogP contribution < -0.4 is 10.1 Å². The Bertz CT molecular complexity index is 855. The third-order valence-corrected chi connectivity index (χ3v) is 6.15. The molecule has 2 amide bonds. The van der Waals surface area contributed by atoms with Crippen LogP contribution in [0.1, 0.15) is 56.0 Å². The van der Waals surface area contributed by atoms with E-state index in [0.29, 0.717) is 19.6 Å². The van der Waals surface area contributed by atoms with E-state index in [1.165, 1.54) is 5.56 Å². The Hall–Kier alpha value is -2.38. The van der Waals surface area contributed by atoms with Crippen molar-refractivity contribution in [1.82, 2.24) is 10.3 Å². The molecule has 1 fully saturated rings. The molecule has 1 aliphatic heterocycles. The zero-order chi connectivity index (χ0) is 22.1. The van der Waals surface area contributed by atoms with Gasteiger partial charge in [-0.1, -0.05) is 56.7 Å². The van der Waals surface area contributed by atoms with Crippen LogP contribution in [-0.2, 0) is 22.4 Å². The summed E-state index contributed by atoms with van der Waals surface area (Å²) in [7, 11) is 0. The van der Waals surface area contributed by atoms with Gasteiger partial charge < -0.3 is 9.47 Å². The molecule has 0 aliphatic carbocycles. The molecule has 1 N–H and O–H groups in total. The Kier molecular flexibility index (Phi) is 8.91. The van der Waals surface area contributed by atoms with E-state index in [2.05, 4.69) is 30.2 Å². The number of aromatic nitrogens is 1. The number of pyridine rings is 1. The number of ether oxygens (including phenoxy) is 2. The standard InChI is InChI=1S/C24H30N2O4S/c1-3-5-6-13-29-21(20-12-9-17(4-2)15-25-20)16-30-19-10-7-18(8-11-19)14-22-23(27)26-24(28)31-22/h7-12,15,21-22H,3-6,13-14,16H2,1-2H3,(H,26,27,28)/t21-,22?/m0/s1. The lowest BCUT2D eigenvalue weighted by atomic mass is 10.1. The fraction of sp³-hybridized carbons (Fsp3) is 0.458. The van der Waals surface area contributed by atoms with E-state index in [-0.39, 0.29) is 22.5 Å². The largest absolute Gasteiger partial charge is 0.490 e. The first-order valence-corrected chi connectivity index (χ1v) is 11.8. The average molecular weight is 443 g/mol. The lowest BCUT2D eigenvalue weighted by Crippen LogP contribution is -2.25. The van der Waals surface area contributed by atoms with Crippen LogP contribution in [0.25, 0.3) is 0 Å². The Morgan fingerprint density at radius 1 is 1.06 bits per heavy atom. The minimum Gasteiger partial charge on any atom is -0.490 e. The number of hydrogen-bond acceptors (Lipinski definition) is 6. The zero-order valence-corrected chi connectivity index (χ0v) is 19.0. The zero-order valence-electron chi connectivity index (χ0n) is 18.1. The van der Waals surface area contributed by atoms with Gasteiger partial charge in [-0.05, 0) is 48.6 Å². The predicted molar refractivity (Wildman–Crippen MR) is 122 cm³/mol. The van der Waals surface area contributed by atoms with Crippen LogP contribution in [0, 0.1) is 0 Å². The van der Waals surface area contributed by atoms with Crippen molar-refractivity contribution in [1.29, 1.82) is 0 Å². The number of nitrogens with zero attached hydrogens (tertiary/aromatic N) is 1. The number of carbonyl (C=O) groups is 2. The highest BCUT2D eigenvalue weighted by Crippen LogP contribution is 2.25. The Morgan fingerprint density at radius 2 is 1.84 bits per heavy atom. The highest BCUT2D eigenvalue weighted by molar-refractivity contribution is 8.15. The lowest BCUT2D eigenvalue weighted by Gasteiger charge is -2.19. The minimum absolute atomic E-state index is 0.222. The molecule has 1 saturated heterocycles. The molecule has 1 aliphatic rings. The van der Waals surface area contributed by atoms with E-state index >= 15 is 0 Å². The summed E-state index contributed by atoms with van der Waals surface area (Å²) in [5.74, 6) is 0.510. The SMILES string of the molecule is CCCCCO[C@@H](COc1ccc(CC2SC(=O)NC2=O)cc1)c1ccc(CC)cn1. The van der Waals surface area contributed by atoms with Crippen molar-refractivity contribution in [3.8, 4) is 5.75 Å². The topological polar surface area (TPSA) is 77.5 Å². The van der Waals surface area contributed by atoms with Crippen molar-refractivity contribution < 1.29 is 19.1 Å². The number of rotatable bonds is 12. The highest BCUT2D eigenvalue weighted by atomic mass is 32.2. The van der Waals surface area contributed by atoms with E-state index in [0.717, 1.165) is 54.5 Å². The third-order valence-electron chi connectivity index (χ3n) is 5.17. The quantitative estimate of drug-likeness (QED) is 0.473. The second kappa shape index (κ2) is 11.9. The predicted octanol–water partition coefficient (Wildman–Crippen LogP) is 4.87. The summed E-state index contributed by atoms with van der Waals surface area (Å²) < 4.78 is 12.1. The normalized spacial score (nSPS) is 16.9. The Balaban J connectivity index is 1.57. The number of imide groups is 1. The van der Waals surface area contributed by atoms with Crippen LogP contribution in [0.3, 0.4) is 0 Å². The molecule has 1 unspecified atom stereocenters. The number of amides is 2. The monoisotopic (exact) mass is 442 g/mol. The summed E-state index contributed by atoms with van der Waals surface area (Å²) >= 11 is 1.04. The van der Waals surface area contributed by atoms with Crippen molar-refractivity contribution in [3.63, 3.8) is 0 Å². The molecule has 31 heavy (non-hydrogen) atoms. The first-order chi connectivity index (χ1) is 15.1. The molecular formula is C24H30N2O4S. The first-order valence-electron chi connectivity index (χ1n) is 10.9. The molecule has 6 nitrogen and oxygen atoms in total. The number of hydrogen-bond donors (Lipinski definition) is 1. The van der Waals surface area contributed by atoms with Crippen LogP contribution in [0.2, 0.25) is 0 Å². The van der Waals surface area contributed by atoms with Gasteiger partial charge in [0.25, 0.3) is 5.24 Å². The molecule has 0 bridgehead atoms. The third kappa shape index (κ3) is 7.08. The summed E-state index contributed by atoms with van der Waals surface area (Å²) in [6, 6.07) is 11.7. The number of carbonyl (C=O) groups excluding carboxylic acids is 2. The second-order valence-electron chi connectivity index (χ2n) is 7.55. The lowest BCUT2D eigenvalue weighted by molar-refractivity contribution is -0.118. The number of unbranched alkanes of at least 4 members (excludes halogenated alkanes) is 2. The van der Waals surface area contributed by atoms with Crippen LogP contribution in [0.5, 0.6) is 5.75 Å². The maximum atomic E-state index is 11.7. The van der Waals surface area contributed by atoms with Crippen LogP contribution >= 0.6 is 11.8 Å². The molecule has 0 spiro atoms. The highest BCUT2D eigenvalue weighted by Gasteiger charge is 2.31. The van der Waals surface area contributed by atoms with Crippen LogP contribution in [-0.4, -0.2) is 34.6 Å². The van der Waals surface area contributed by atoms with Gasteiger partial charge >= 0.3 is 0 Å². The van der Waals surface area contributed by atoms with Crippen molar-refractivity contribution >= 4 is 22.9 Å². The average Bonchev–Trinajstić information content (AvgIpc) is 3.11. The molecule has 7 heteroatoms. The number of aryl methyl sites for hydroxylation is 1. The van der Waals surface area contributed by atoms with Gasteiger partial charge in [0.15, 0.2) is 0 Å². The van der Waals surface area contributed by atoms with Gasteiger partial charge in [-0.15, -0.1) is 0 Å². The molecule has 0 saturated carbocycles. The van der Waals surface area contributed by atoms with Crippen molar-refractivity contribution in [2.75, 3.05) is 13.2 Å². The van der Waals surface area contributed by atoms with Crippen LogP contribution in [0.15, 0.2) is 42.6 Å². The first kappa shape index (κ1) is 23.3. The van der Waals surface area contributed by atoms with E-state index in [9.17, 15) is 9.59 Å². The molecule has 2 atom stereocenters. The van der Waals surface area contributed by atoms with Crippen molar-refractivity contribution in [2.24, 2.45) is 0 Å². The molecule has 1 aromatic carbocycles. The van der Waals surface area contributed by atoms with Crippen LogP contribution in [0.4, 0.5) is 4.79 Å². The number of nitrogens with one attached hydrogen (secondary N) is 1. The minimum atomic E-state index is -0.364. The van der Waals surface area contributed by atoms with Gasteiger partial charge in [0.05, 0.1) is 10.9 Å². The molecular weight excluding hydrogens is 412 g/mol. The van der Waals surface area contributed by atoms with E-state index in [1.807, 2.05) is 36.5 Å². The summed E-state index contributed by atoms with van der Waals surface area (Å²) in [5, 5.41) is 1.68. The fourth-order valence-corrected chi connectivity index (χ4v) is 4.13. The fourth-order valence-electron chi connectivity index (χ4n) is 3.27. The molecule has 2 aromatic rings. The Morgan fingerprint density at radius 3 is 2.45 bits per heavy atom. The summed E-state index contributed by atoms with van der Waals surface area (Å²) in [6.45, 7) is 5.33. The van der Waals surface area contributed by atoms with Gasteiger partial charge in [0.2, 0.25) is 5.91 Å². The van der Waals surface area contributed by atoms with Crippen molar-refractivity contribution in [2.45, 2.75) is 57.3 Å². The van der Waals surface area contributed by atoms with E-state index in [1.54, 1.807) is 0 Å². The molecule has 1 aromatic heterocycles. The Labute approximate surface area is 188 Å². The number of thioether (sulfide) groups is 1.